The van der Waals surface area contributed by atoms with Crippen LogP contribution in [-0.2, 0) is 7.05 Å². The zero-order valence-corrected chi connectivity index (χ0v) is 21.5. The number of ether oxygens (including phenoxy) is 1. The molecule has 0 aliphatic heterocycles. The number of nitrogens with zero attached hydrogens (tertiary/aromatic N) is 6. The molecule has 1 N–H and O–H groups in total. The van der Waals surface area contributed by atoms with E-state index in [9.17, 15) is 0 Å². The zero-order chi connectivity index (χ0) is 25.4. The first-order valence-corrected chi connectivity index (χ1v) is 12.9. The number of hydrogen-bond donors (Lipinski definition) is 1. The van der Waals surface area contributed by atoms with Crippen molar-refractivity contribution in [2.24, 2.45) is 7.05 Å². The van der Waals surface area contributed by atoms with Gasteiger partial charge in [0.1, 0.15) is 11.5 Å². The molecule has 0 amide bonds. The smallest absolute Gasteiger partial charge is 0.167 e. The number of para-hydroxylation sites is 1. The molecule has 0 saturated heterocycles. The largest absolute Gasteiger partial charge is 0.457 e. The van der Waals surface area contributed by atoms with Crippen LogP contribution >= 0.6 is 0 Å². The number of hydrogen-bond acceptors (Lipinski definition) is 6. The number of imidazole rings is 1. The maximum Gasteiger partial charge on any atom is 0.167 e. The first kappa shape index (κ1) is 23.2. The number of aryl methyl sites for hydroxylation is 2. The molecule has 0 spiro atoms. The van der Waals surface area contributed by atoms with E-state index in [1.807, 2.05) is 79.6 Å². The second-order valence-electron chi connectivity index (χ2n) is 9.75. The van der Waals surface area contributed by atoms with E-state index in [4.69, 9.17) is 19.7 Å². The number of nitrogens with one attached hydrogen (secondary N) is 1. The lowest BCUT2D eigenvalue weighted by molar-refractivity contribution is 0.358. The van der Waals surface area contributed by atoms with Crippen molar-refractivity contribution in [3.63, 3.8) is 0 Å². The molecule has 1 aliphatic rings. The Kier molecular flexibility index (Phi) is 6.08. The minimum absolute atomic E-state index is 0.417. The van der Waals surface area contributed by atoms with Crippen LogP contribution in [0, 0.1) is 13.8 Å². The Morgan fingerprint density at radius 1 is 0.892 bits per heavy atom. The van der Waals surface area contributed by atoms with E-state index in [0.29, 0.717) is 17.7 Å². The Bertz CT molecular complexity index is 1530. The van der Waals surface area contributed by atoms with Crippen LogP contribution in [0.2, 0.25) is 0 Å². The number of benzene rings is 2. The molecule has 1 fully saturated rings. The second-order valence-corrected chi connectivity index (χ2v) is 9.75. The summed E-state index contributed by atoms with van der Waals surface area (Å²) in [5, 5.41) is 8.11. The molecular weight excluding hydrogens is 462 g/mol. The van der Waals surface area contributed by atoms with Crippen LogP contribution in [-0.4, -0.2) is 29.3 Å². The van der Waals surface area contributed by atoms with E-state index < -0.39 is 0 Å². The molecule has 37 heavy (non-hydrogen) atoms. The van der Waals surface area contributed by atoms with Crippen LogP contribution in [0.25, 0.3) is 22.6 Å². The lowest BCUT2D eigenvalue weighted by atomic mass is 9.95. The van der Waals surface area contributed by atoms with E-state index in [-0.39, 0.29) is 0 Å². The monoisotopic (exact) mass is 493 g/mol. The number of rotatable bonds is 6. The van der Waals surface area contributed by atoms with Crippen molar-refractivity contribution in [1.29, 1.82) is 0 Å². The average molecular weight is 494 g/mol. The van der Waals surface area contributed by atoms with Gasteiger partial charge in [0.05, 0.1) is 17.6 Å². The lowest BCUT2D eigenvalue weighted by Crippen LogP contribution is -2.13. The minimum atomic E-state index is 0.417. The van der Waals surface area contributed by atoms with Crippen LogP contribution in [0.15, 0.2) is 60.9 Å². The van der Waals surface area contributed by atoms with Gasteiger partial charge in [-0.3, -0.25) is 4.68 Å². The quantitative estimate of drug-likeness (QED) is 0.277. The van der Waals surface area contributed by atoms with Gasteiger partial charge in [0, 0.05) is 24.5 Å². The number of anilines is 2. The highest BCUT2D eigenvalue weighted by Crippen LogP contribution is 2.34. The van der Waals surface area contributed by atoms with Crippen molar-refractivity contribution < 1.29 is 4.74 Å². The number of aromatic nitrogens is 6. The highest BCUT2D eigenvalue weighted by molar-refractivity contribution is 5.87. The maximum absolute atomic E-state index is 5.95. The van der Waals surface area contributed by atoms with Crippen molar-refractivity contribution in [2.75, 3.05) is 5.32 Å². The lowest BCUT2D eigenvalue weighted by Gasteiger charge is -2.23. The summed E-state index contributed by atoms with van der Waals surface area (Å²) in [5.41, 5.74) is 5.46. The third-order valence-corrected chi connectivity index (χ3v) is 7.22. The first-order valence-electron chi connectivity index (χ1n) is 12.9. The summed E-state index contributed by atoms with van der Waals surface area (Å²) in [4.78, 5) is 14.8. The van der Waals surface area contributed by atoms with Gasteiger partial charge in [-0.15, -0.1) is 0 Å². The zero-order valence-electron chi connectivity index (χ0n) is 21.5. The third kappa shape index (κ3) is 4.55. The van der Waals surface area contributed by atoms with E-state index >= 15 is 0 Å². The van der Waals surface area contributed by atoms with Crippen LogP contribution in [0.4, 0.5) is 11.5 Å². The van der Waals surface area contributed by atoms with E-state index in [1.165, 1.54) is 19.3 Å². The van der Waals surface area contributed by atoms with Crippen LogP contribution in [0.1, 0.15) is 49.5 Å². The topological polar surface area (TPSA) is 82.7 Å². The van der Waals surface area contributed by atoms with Gasteiger partial charge < -0.3 is 14.6 Å². The van der Waals surface area contributed by atoms with Gasteiger partial charge in [0.2, 0.25) is 0 Å². The molecule has 188 valence electrons. The molecule has 0 unspecified atom stereocenters. The summed E-state index contributed by atoms with van der Waals surface area (Å²) in [6.45, 7) is 4.06. The van der Waals surface area contributed by atoms with Crippen LogP contribution in [0.5, 0.6) is 11.5 Å². The Labute approximate surface area is 216 Å². The van der Waals surface area contributed by atoms with E-state index in [1.54, 1.807) is 0 Å². The molecular formula is C29H31N7O. The molecule has 1 saturated carbocycles. The Hall–Kier alpha value is -4.20. The average Bonchev–Trinajstić information content (AvgIpc) is 3.46. The predicted molar refractivity (Wildman–Crippen MR) is 145 cm³/mol. The van der Waals surface area contributed by atoms with E-state index in [0.717, 1.165) is 58.1 Å². The fraction of sp³-hybridized carbons (Fsp3) is 0.310. The van der Waals surface area contributed by atoms with Gasteiger partial charge in [0.25, 0.3) is 0 Å². The van der Waals surface area contributed by atoms with Crippen molar-refractivity contribution in [3.05, 3.63) is 72.3 Å². The van der Waals surface area contributed by atoms with Gasteiger partial charge in [-0.1, -0.05) is 37.5 Å². The summed E-state index contributed by atoms with van der Waals surface area (Å²) >= 11 is 0. The highest BCUT2D eigenvalue weighted by atomic mass is 16.5. The number of fused-ring (bicyclic) bond motifs is 1. The Morgan fingerprint density at radius 3 is 2.32 bits per heavy atom. The third-order valence-electron chi connectivity index (χ3n) is 7.22. The summed E-state index contributed by atoms with van der Waals surface area (Å²) in [7, 11) is 1.95. The molecule has 2 aromatic carbocycles. The summed E-state index contributed by atoms with van der Waals surface area (Å²) in [5.74, 6) is 2.93. The van der Waals surface area contributed by atoms with Crippen molar-refractivity contribution >= 4 is 22.7 Å². The Morgan fingerprint density at radius 2 is 1.62 bits per heavy atom. The summed E-state index contributed by atoms with van der Waals surface area (Å²) < 4.78 is 10.1. The SMILES string of the molecule is Cc1nn(C)c(C)c1-c1nc(Nc2ccc(Oc3ccccc3)cc2)c2ncn(C3CCCCC3)c2n1. The van der Waals surface area contributed by atoms with Crippen molar-refractivity contribution in [2.45, 2.75) is 52.0 Å². The molecule has 6 rings (SSSR count). The molecule has 0 radical (unpaired) electrons. The fourth-order valence-electron chi connectivity index (χ4n) is 5.21. The summed E-state index contributed by atoms with van der Waals surface area (Å²) in [6, 6.07) is 18.1. The second kappa shape index (κ2) is 9.69. The van der Waals surface area contributed by atoms with E-state index in [2.05, 4.69) is 21.9 Å². The van der Waals surface area contributed by atoms with Crippen LogP contribution < -0.4 is 10.1 Å². The molecule has 3 aromatic heterocycles. The summed E-state index contributed by atoms with van der Waals surface area (Å²) in [6.07, 6.45) is 8.03. The van der Waals surface area contributed by atoms with Crippen molar-refractivity contribution in [1.82, 2.24) is 29.3 Å². The molecule has 0 atom stereocenters. The van der Waals surface area contributed by atoms with Gasteiger partial charge >= 0.3 is 0 Å². The molecule has 3 heterocycles. The van der Waals surface area contributed by atoms with Gasteiger partial charge in [-0.25, -0.2) is 15.0 Å². The Balaban J connectivity index is 1.39. The molecule has 0 bridgehead atoms. The molecule has 5 aromatic rings. The standard InChI is InChI=1S/C29H31N7O/c1-19-25(20(2)35(3)34-19)27-32-28(26-29(33-27)36(18-30-26)22-10-6-4-7-11-22)31-21-14-16-24(17-15-21)37-23-12-8-5-9-13-23/h5,8-9,12-18,22H,4,6-7,10-11H2,1-3H3,(H,31,32,33). The fourth-order valence-corrected chi connectivity index (χ4v) is 5.21. The minimum Gasteiger partial charge on any atom is -0.457 e. The van der Waals surface area contributed by atoms with Crippen LogP contribution in [0.3, 0.4) is 0 Å². The van der Waals surface area contributed by atoms with Crippen molar-refractivity contribution in [3.8, 4) is 22.9 Å². The molecule has 8 nitrogen and oxygen atoms in total. The molecule has 8 heteroatoms. The van der Waals surface area contributed by atoms with Gasteiger partial charge in [-0.05, 0) is 63.1 Å². The first-order chi connectivity index (χ1) is 18.1. The van der Waals surface area contributed by atoms with Gasteiger partial charge in [0.15, 0.2) is 22.8 Å². The molecule has 1 aliphatic carbocycles. The normalized spacial score (nSPS) is 14.2. The maximum atomic E-state index is 5.95. The van der Waals surface area contributed by atoms with Gasteiger partial charge in [-0.2, -0.15) is 5.10 Å². The predicted octanol–water partition coefficient (Wildman–Crippen LogP) is 6.88. The highest BCUT2D eigenvalue weighted by Gasteiger charge is 2.23.